The van der Waals surface area contributed by atoms with Gasteiger partial charge in [0.2, 0.25) is 0 Å². The van der Waals surface area contributed by atoms with Crippen LogP contribution in [-0.2, 0) is 0 Å². The summed E-state index contributed by atoms with van der Waals surface area (Å²) in [6.07, 6.45) is 3.88. The zero-order chi connectivity index (χ0) is 21.0. The Bertz CT molecular complexity index is 949. The molecule has 0 aromatic heterocycles. The maximum atomic E-state index is 12.0. The van der Waals surface area contributed by atoms with Crippen LogP contribution in [0.3, 0.4) is 0 Å². The molecule has 0 bridgehead atoms. The number of fused-ring (bicyclic) bond motifs is 1. The zero-order valence-corrected chi connectivity index (χ0v) is 17.6. The second-order valence-corrected chi connectivity index (χ2v) is 7.53. The van der Waals surface area contributed by atoms with Gasteiger partial charge in [-0.15, -0.1) is 0 Å². The molecule has 29 heavy (non-hydrogen) atoms. The molecule has 0 spiro atoms. The lowest BCUT2D eigenvalue weighted by molar-refractivity contribution is 0.252. The van der Waals surface area contributed by atoms with E-state index in [2.05, 4.69) is 60.6 Å². The number of methoxy groups -OCH3 is 1. The Morgan fingerprint density at radius 2 is 1.97 bits per heavy atom. The number of hydrogen-bond donors (Lipinski definition) is 2. The number of allylic oxidation sites excluding steroid dienone is 1. The fourth-order valence-electron chi connectivity index (χ4n) is 3.82. The minimum absolute atomic E-state index is 0.0659. The number of benzene rings is 2. The highest BCUT2D eigenvalue weighted by molar-refractivity contribution is 5.93. The lowest BCUT2D eigenvalue weighted by atomic mass is 9.88. The SMILES string of the molecule is CCN1c2cc(OC)c(/C=N/NC(=O)Nc3ccccc3)cc2C(C)=CC1(C)C. The van der Waals surface area contributed by atoms with Crippen LogP contribution >= 0.6 is 0 Å². The molecule has 3 rings (SSSR count). The van der Waals surface area contributed by atoms with Crippen LogP contribution in [0, 0.1) is 0 Å². The molecule has 0 unspecified atom stereocenters. The number of para-hydroxylation sites is 1. The average Bonchev–Trinajstić information content (AvgIpc) is 2.68. The molecule has 0 radical (unpaired) electrons. The van der Waals surface area contributed by atoms with E-state index >= 15 is 0 Å². The van der Waals surface area contributed by atoms with Gasteiger partial charge in [-0.3, -0.25) is 0 Å². The predicted octanol–water partition coefficient (Wildman–Crippen LogP) is 4.87. The van der Waals surface area contributed by atoms with E-state index in [1.54, 1.807) is 13.3 Å². The topological polar surface area (TPSA) is 66.0 Å². The van der Waals surface area contributed by atoms with Crippen molar-refractivity contribution in [1.82, 2.24) is 5.43 Å². The molecule has 0 aliphatic carbocycles. The Morgan fingerprint density at radius 1 is 1.24 bits per heavy atom. The standard InChI is InChI=1S/C23H28N4O2/c1-6-27-20-13-21(29-5)17(12-19(20)16(2)14-23(27,3)4)15-24-26-22(28)25-18-10-8-7-9-11-18/h7-15H,6H2,1-5H3,(H2,25,26,28)/b24-15+. The number of amides is 2. The summed E-state index contributed by atoms with van der Waals surface area (Å²) >= 11 is 0. The van der Waals surface area contributed by atoms with Gasteiger partial charge in [-0.1, -0.05) is 24.3 Å². The molecular formula is C23H28N4O2. The van der Waals surface area contributed by atoms with Crippen molar-refractivity contribution in [2.45, 2.75) is 33.2 Å². The predicted molar refractivity (Wildman–Crippen MR) is 120 cm³/mol. The second kappa shape index (κ2) is 8.39. The van der Waals surface area contributed by atoms with Gasteiger partial charge in [0.05, 0.1) is 18.9 Å². The molecule has 0 atom stereocenters. The zero-order valence-electron chi connectivity index (χ0n) is 17.6. The van der Waals surface area contributed by atoms with Crippen LogP contribution < -0.4 is 20.4 Å². The first-order chi connectivity index (χ1) is 13.9. The molecule has 2 aromatic rings. The third kappa shape index (κ3) is 4.42. The second-order valence-electron chi connectivity index (χ2n) is 7.53. The van der Waals surface area contributed by atoms with Crippen LogP contribution in [0.25, 0.3) is 5.57 Å². The maximum Gasteiger partial charge on any atom is 0.339 e. The van der Waals surface area contributed by atoms with Crippen LogP contribution in [0.1, 0.15) is 38.8 Å². The third-order valence-electron chi connectivity index (χ3n) is 5.05. The first-order valence-corrected chi connectivity index (χ1v) is 9.70. The number of nitrogens with one attached hydrogen (secondary N) is 2. The lowest BCUT2D eigenvalue weighted by Crippen LogP contribution is -2.44. The van der Waals surface area contributed by atoms with Crippen molar-refractivity contribution in [1.29, 1.82) is 0 Å². The number of hydrazone groups is 1. The minimum atomic E-state index is -0.403. The summed E-state index contributed by atoms with van der Waals surface area (Å²) in [4.78, 5) is 14.4. The molecule has 0 saturated carbocycles. The number of hydrogen-bond acceptors (Lipinski definition) is 4. The Hall–Kier alpha value is -3.28. The molecule has 6 nitrogen and oxygen atoms in total. The average molecular weight is 393 g/mol. The van der Waals surface area contributed by atoms with E-state index in [1.165, 1.54) is 5.57 Å². The Labute approximate surface area is 172 Å². The molecule has 1 aliphatic heterocycles. The van der Waals surface area contributed by atoms with Crippen molar-refractivity contribution in [2.75, 3.05) is 23.9 Å². The van der Waals surface area contributed by atoms with Gasteiger partial charge in [-0.05, 0) is 51.5 Å². The van der Waals surface area contributed by atoms with Crippen molar-refractivity contribution in [3.63, 3.8) is 0 Å². The largest absolute Gasteiger partial charge is 0.496 e. The van der Waals surface area contributed by atoms with E-state index in [-0.39, 0.29) is 5.54 Å². The summed E-state index contributed by atoms with van der Waals surface area (Å²) in [6.45, 7) is 9.57. The molecule has 2 amide bonds. The van der Waals surface area contributed by atoms with Crippen LogP contribution in [0.5, 0.6) is 5.75 Å². The van der Waals surface area contributed by atoms with E-state index in [9.17, 15) is 4.79 Å². The number of rotatable bonds is 5. The van der Waals surface area contributed by atoms with Gasteiger partial charge in [0.1, 0.15) is 5.75 Å². The van der Waals surface area contributed by atoms with Crippen molar-refractivity contribution in [3.05, 3.63) is 59.7 Å². The van der Waals surface area contributed by atoms with Gasteiger partial charge >= 0.3 is 6.03 Å². The molecule has 152 valence electrons. The molecule has 2 N–H and O–H groups in total. The van der Waals surface area contributed by atoms with E-state index in [0.29, 0.717) is 11.4 Å². The lowest BCUT2D eigenvalue weighted by Gasteiger charge is -2.43. The summed E-state index contributed by atoms with van der Waals surface area (Å²) < 4.78 is 5.60. The smallest absolute Gasteiger partial charge is 0.339 e. The fraction of sp³-hybridized carbons (Fsp3) is 0.304. The summed E-state index contributed by atoms with van der Waals surface area (Å²) in [6, 6.07) is 12.9. The maximum absolute atomic E-state index is 12.0. The van der Waals surface area contributed by atoms with Gasteiger partial charge in [0.15, 0.2) is 0 Å². The first kappa shape index (κ1) is 20.5. The van der Waals surface area contributed by atoms with Crippen molar-refractivity contribution >= 4 is 29.2 Å². The van der Waals surface area contributed by atoms with E-state index < -0.39 is 6.03 Å². The van der Waals surface area contributed by atoms with Crippen LogP contribution in [0.2, 0.25) is 0 Å². The van der Waals surface area contributed by atoms with E-state index in [1.807, 2.05) is 36.4 Å². The Morgan fingerprint density at radius 3 is 2.62 bits per heavy atom. The minimum Gasteiger partial charge on any atom is -0.496 e. The van der Waals surface area contributed by atoms with Gasteiger partial charge in [0, 0.05) is 35.1 Å². The van der Waals surface area contributed by atoms with Gasteiger partial charge in [-0.25, -0.2) is 10.2 Å². The molecule has 2 aromatic carbocycles. The number of ether oxygens (including phenoxy) is 1. The van der Waals surface area contributed by atoms with Gasteiger partial charge in [0.25, 0.3) is 0 Å². The monoisotopic (exact) mass is 392 g/mol. The number of anilines is 2. The van der Waals surface area contributed by atoms with Crippen molar-refractivity contribution < 1.29 is 9.53 Å². The number of nitrogens with zero attached hydrogens (tertiary/aromatic N) is 2. The summed E-state index contributed by atoms with van der Waals surface area (Å²) in [5.74, 6) is 0.710. The molecular weight excluding hydrogens is 364 g/mol. The Balaban J connectivity index is 1.82. The molecule has 0 fully saturated rings. The highest BCUT2D eigenvalue weighted by atomic mass is 16.5. The van der Waals surface area contributed by atoms with Crippen molar-refractivity contribution in [3.8, 4) is 5.75 Å². The van der Waals surface area contributed by atoms with Crippen LogP contribution in [0.4, 0.5) is 16.2 Å². The summed E-state index contributed by atoms with van der Waals surface area (Å²) in [7, 11) is 1.64. The normalized spacial score (nSPS) is 14.9. The number of urea groups is 1. The highest BCUT2D eigenvalue weighted by Crippen LogP contribution is 2.41. The number of carbonyl (C=O) groups is 1. The fourth-order valence-corrected chi connectivity index (χ4v) is 3.82. The Kier molecular flexibility index (Phi) is 5.92. The molecule has 1 aliphatic rings. The molecule has 6 heteroatoms. The number of likely N-dealkylation sites (N-methyl/N-ethyl adjacent to an activating group) is 1. The summed E-state index contributed by atoms with van der Waals surface area (Å²) in [5.41, 5.74) is 7.42. The first-order valence-electron chi connectivity index (χ1n) is 9.70. The van der Waals surface area contributed by atoms with Gasteiger partial charge in [-0.2, -0.15) is 5.10 Å². The third-order valence-corrected chi connectivity index (χ3v) is 5.05. The van der Waals surface area contributed by atoms with Gasteiger partial charge < -0.3 is 15.0 Å². The summed E-state index contributed by atoms with van der Waals surface area (Å²) in [5, 5.41) is 6.81. The van der Waals surface area contributed by atoms with E-state index in [0.717, 1.165) is 23.4 Å². The van der Waals surface area contributed by atoms with E-state index in [4.69, 9.17) is 4.74 Å². The van der Waals surface area contributed by atoms with Crippen LogP contribution in [-0.4, -0.2) is 31.4 Å². The van der Waals surface area contributed by atoms with Crippen molar-refractivity contribution in [2.24, 2.45) is 5.10 Å². The highest BCUT2D eigenvalue weighted by Gasteiger charge is 2.31. The number of carbonyl (C=O) groups excluding carboxylic acids is 1. The molecule has 1 heterocycles. The van der Waals surface area contributed by atoms with Crippen LogP contribution in [0.15, 0.2) is 53.6 Å². The quantitative estimate of drug-likeness (QED) is 0.563. The molecule has 0 saturated heterocycles.